The zero-order valence-corrected chi connectivity index (χ0v) is 14.4. The van der Waals surface area contributed by atoms with Crippen LogP contribution in [-0.4, -0.2) is 66.6 Å². The molecule has 0 bridgehead atoms. The fourth-order valence-corrected chi connectivity index (χ4v) is 1.64. The van der Waals surface area contributed by atoms with E-state index in [1.165, 1.54) is 0 Å². The number of rotatable bonds is 11. The average Bonchev–Trinajstić information content (AvgIpc) is 2.64. The van der Waals surface area contributed by atoms with Gasteiger partial charge in [0.2, 0.25) is 0 Å². The normalized spacial score (nSPS) is 15.5. The van der Waals surface area contributed by atoms with Crippen LogP contribution in [-0.2, 0) is 9.53 Å². The van der Waals surface area contributed by atoms with Gasteiger partial charge in [-0.3, -0.25) is 0 Å². The van der Waals surface area contributed by atoms with Crippen LogP contribution in [0.1, 0.15) is 0 Å². The second kappa shape index (κ2) is 8.11. The van der Waals surface area contributed by atoms with Crippen molar-refractivity contribution in [3.05, 3.63) is 12.7 Å². The number of esters is 1. The molecule has 0 aliphatic carbocycles. The molecule has 0 aromatic rings. The average molecular weight is 518 g/mol. The number of hydrogen-bond donors (Lipinski definition) is 0. The molecule has 0 aliphatic heterocycles. The monoisotopic (exact) mass is 518 g/mol. The Labute approximate surface area is 165 Å². The molecule has 32 heavy (non-hydrogen) atoms. The van der Waals surface area contributed by atoms with Crippen molar-refractivity contribution >= 4 is 5.97 Å². The second-order valence-electron chi connectivity index (χ2n) is 5.80. The summed E-state index contributed by atoms with van der Waals surface area (Å²) in [6, 6.07) is 0. The van der Waals surface area contributed by atoms with Crippen LogP contribution in [0.5, 0.6) is 0 Å². The Morgan fingerprint density at radius 3 is 1.16 bits per heavy atom. The van der Waals surface area contributed by atoms with E-state index in [2.05, 4.69) is 11.3 Å². The van der Waals surface area contributed by atoms with E-state index in [0.717, 1.165) is 0 Å². The molecule has 0 heterocycles. The number of ether oxygens (including phenoxy) is 1. The highest BCUT2D eigenvalue weighted by Gasteiger charge is 2.94. The van der Waals surface area contributed by atoms with Crippen LogP contribution < -0.4 is 0 Å². The van der Waals surface area contributed by atoms with Crippen LogP contribution in [0.2, 0.25) is 0 Å². The Kier molecular flexibility index (Phi) is 7.60. The highest BCUT2D eigenvalue weighted by molar-refractivity contribution is 5.81. The van der Waals surface area contributed by atoms with Gasteiger partial charge in [-0.15, -0.1) is 0 Å². The molecule has 0 N–H and O–H groups in total. The van der Waals surface area contributed by atoms with Crippen LogP contribution >= 0.6 is 0 Å². The topological polar surface area (TPSA) is 26.3 Å². The molecule has 190 valence electrons. The smallest absolute Gasteiger partial charge is 0.385 e. The van der Waals surface area contributed by atoms with Crippen molar-refractivity contribution < 1.29 is 84.2 Å². The standard InChI is InChI=1S/C13H7F17O2/c1-2-5(31)32-4-7(17,18)9(21,22)11(25,26)13(29,30)12(27,28)10(23,24)8(19,20)6(15,16)3-14/h2H,1,3-4H2. The summed E-state index contributed by atoms with van der Waals surface area (Å²) < 4.78 is 226. The van der Waals surface area contributed by atoms with Crippen molar-refractivity contribution in [3.8, 4) is 0 Å². The Hall–Kier alpha value is -1.98. The van der Waals surface area contributed by atoms with Gasteiger partial charge >= 0.3 is 53.3 Å². The van der Waals surface area contributed by atoms with Crippen LogP contribution in [0.15, 0.2) is 12.7 Å². The van der Waals surface area contributed by atoms with E-state index in [0.29, 0.717) is 0 Å². The van der Waals surface area contributed by atoms with E-state index in [9.17, 15) is 79.4 Å². The van der Waals surface area contributed by atoms with E-state index < -0.39 is 66.6 Å². The zero-order valence-electron chi connectivity index (χ0n) is 14.4. The van der Waals surface area contributed by atoms with Gasteiger partial charge < -0.3 is 4.74 Å². The molecule has 0 atom stereocenters. The summed E-state index contributed by atoms with van der Waals surface area (Å²) in [5, 5.41) is 0. The second-order valence-corrected chi connectivity index (χ2v) is 5.80. The number of alkyl halides is 17. The predicted molar refractivity (Wildman–Crippen MR) is 66.7 cm³/mol. The van der Waals surface area contributed by atoms with Crippen LogP contribution in [0.3, 0.4) is 0 Å². The minimum absolute atomic E-state index is 0.0667. The third kappa shape index (κ3) is 3.94. The van der Waals surface area contributed by atoms with Gasteiger partial charge in [-0.05, 0) is 0 Å². The molecule has 0 rings (SSSR count). The van der Waals surface area contributed by atoms with Gasteiger partial charge in [0, 0.05) is 6.08 Å². The molecule has 0 aromatic carbocycles. The molecule has 19 heteroatoms. The lowest BCUT2D eigenvalue weighted by atomic mass is 9.88. The summed E-state index contributed by atoms with van der Waals surface area (Å²) in [5.41, 5.74) is 0. The largest absolute Gasteiger partial charge is 0.456 e. The molecule has 0 aliphatic rings. The van der Waals surface area contributed by atoms with Crippen molar-refractivity contribution in [2.24, 2.45) is 0 Å². The van der Waals surface area contributed by atoms with Gasteiger partial charge in [-0.2, -0.15) is 70.2 Å². The van der Waals surface area contributed by atoms with Crippen molar-refractivity contribution in [1.29, 1.82) is 0 Å². The van der Waals surface area contributed by atoms with Crippen LogP contribution in [0.25, 0.3) is 0 Å². The predicted octanol–water partition coefficient (Wildman–Crippen LogP) is 5.77. The quantitative estimate of drug-likeness (QED) is 0.198. The highest BCUT2D eigenvalue weighted by atomic mass is 19.4. The summed E-state index contributed by atoms with van der Waals surface area (Å²) in [6.45, 7) is -4.71. The van der Waals surface area contributed by atoms with Crippen molar-refractivity contribution in [2.45, 2.75) is 47.4 Å². The van der Waals surface area contributed by atoms with Crippen LogP contribution in [0, 0.1) is 0 Å². The highest BCUT2D eigenvalue weighted by Crippen LogP contribution is 2.63. The van der Waals surface area contributed by atoms with E-state index in [1.807, 2.05) is 0 Å². The molecule has 0 spiro atoms. The summed E-state index contributed by atoms with van der Waals surface area (Å²) in [4.78, 5) is 10.5. The summed E-state index contributed by atoms with van der Waals surface area (Å²) >= 11 is 0. The van der Waals surface area contributed by atoms with E-state index in [1.54, 1.807) is 0 Å². The third-order valence-electron chi connectivity index (χ3n) is 3.62. The Bertz CT molecular complexity index is 711. The molecule has 0 saturated heterocycles. The number of carbonyl (C=O) groups is 1. The zero-order chi connectivity index (χ0) is 26.4. The van der Waals surface area contributed by atoms with Gasteiger partial charge in [0.05, 0.1) is 0 Å². The minimum Gasteiger partial charge on any atom is -0.456 e. The first-order valence-corrected chi connectivity index (χ1v) is 7.14. The van der Waals surface area contributed by atoms with E-state index in [4.69, 9.17) is 0 Å². The maximum Gasteiger partial charge on any atom is 0.385 e. The first-order chi connectivity index (χ1) is 13.8. The maximum absolute atomic E-state index is 13.4. The Morgan fingerprint density at radius 1 is 0.594 bits per heavy atom. The number of halogens is 17. The van der Waals surface area contributed by atoms with Gasteiger partial charge in [-0.1, -0.05) is 6.58 Å². The van der Waals surface area contributed by atoms with E-state index >= 15 is 0 Å². The first kappa shape index (κ1) is 30.0. The maximum atomic E-state index is 13.4. The number of carbonyl (C=O) groups excluding carboxylic acids is 1. The molecule has 0 saturated carbocycles. The third-order valence-corrected chi connectivity index (χ3v) is 3.62. The van der Waals surface area contributed by atoms with Crippen LogP contribution in [0.4, 0.5) is 74.6 Å². The van der Waals surface area contributed by atoms with Gasteiger partial charge in [0.15, 0.2) is 13.3 Å². The van der Waals surface area contributed by atoms with Crippen molar-refractivity contribution in [3.63, 3.8) is 0 Å². The fraction of sp³-hybridized carbons (Fsp3) is 0.769. The SMILES string of the molecule is C=CC(=O)OCC(F)(F)C(F)(F)C(F)(F)C(F)(F)C(F)(F)C(F)(F)C(F)(F)C(F)(F)CF. The summed E-state index contributed by atoms with van der Waals surface area (Å²) in [7, 11) is 0. The fourth-order valence-electron chi connectivity index (χ4n) is 1.64. The lowest BCUT2D eigenvalue weighted by Crippen LogP contribution is -2.75. The number of hydrogen-bond acceptors (Lipinski definition) is 2. The lowest BCUT2D eigenvalue weighted by molar-refractivity contribution is -0.454. The van der Waals surface area contributed by atoms with Crippen molar-refractivity contribution in [1.82, 2.24) is 0 Å². The van der Waals surface area contributed by atoms with Gasteiger partial charge in [0.25, 0.3) is 0 Å². The van der Waals surface area contributed by atoms with Gasteiger partial charge in [0.1, 0.15) is 0 Å². The molecule has 0 amide bonds. The molecule has 0 fully saturated rings. The molecule has 0 unspecified atom stereocenters. The molecule has 0 radical (unpaired) electrons. The molecule has 0 aromatic heterocycles. The molecular formula is C13H7F17O2. The first-order valence-electron chi connectivity index (χ1n) is 7.14. The summed E-state index contributed by atoms with van der Waals surface area (Å²) in [6.07, 6.45) is -0.0667. The Morgan fingerprint density at radius 2 is 0.875 bits per heavy atom. The summed E-state index contributed by atoms with van der Waals surface area (Å²) in [5.74, 6) is -65.6. The molecular weight excluding hydrogens is 511 g/mol. The van der Waals surface area contributed by atoms with E-state index in [-0.39, 0.29) is 6.08 Å². The Balaban J connectivity index is 6.60. The van der Waals surface area contributed by atoms with Crippen molar-refractivity contribution in [2.75, 3.05) is 13.3 Å². The van der Waals surface area contributed by atoms with Gasteiger partial charge in [-0.25, -0.2) is 9.18 Å². The lowest BCUT2D eigenvalue weighted by Gasteiger charge is -2.43. The molecule has 2 nitrogen and oxygen atoms in total. The minimum atomic E-state index is -8.62.